The molecule has 6 nitrogen and oxygen atoms in total. The van der Waals surface area contributed by atoms with Gasteiger partial charge in [-0.1, -0.05) is 24.3 Å². The lowest BCUT2D eigenvalue weighted by Gasteiger charge is -1.85. The van der Waals surface area contributed by atoms with E-state index in [1.807, 2.05) is 54.6 Å². The van der Waals surface area contributed by atoms with Crippen molar-refractivity contribution in [3.63, 3.8) is 0 Å². The third kappa shape index (κ3) is 1.92. The van der Waals surface area contributed by atoms with E-state index in [4.69, 9.17) is 8.83 Å². The molecule has 110 valence electrons. The molecule has 0 aliphatic heterocycles. The minimum atomic E-state index is 0.463. The van der Waals surface area contributed by atoms with Gasteiger partial charge in [-0.15, -0.1) is 0 Å². The summed E-state index contributed by atoms with van der Waals surface area (Å²) in [5.41, 5.74) is 4.36. The van der Waals surface area contributed by atoms with Crippen LogP contribution in [0.5, 0.6) is 0 Å². The van der Waals surface area contributed by atoms with Gasteiger partial charge < -0.3 is 8.83 Å². The predicted molar refractivity (Wildman–Crippen MR) is 84.6 cm³/mol. The molecule has 0 aliphatic carbocycles. The first-order valence-electron chi connectivity index (χ1n) is 7.14. The van der Waals surface area contributed by atoms with Crippen LogP contribution in [0.4, 0.5) is 0 Å². The summed E-state index contributed by atoms with van der Waals surface area (Å²) >= 11 is 0. The Bertz CT molecular complexity index is 981. The molecule has 3 heterocycles. The Labute approximate surface area is 129 Å². The summed E-state index contributed by atoms with van der Waals surface area (Å²) in [5.74, 6) is 0.950. The molecule has 5 aromatic rings. The number of fused-ring (bicyclic) bond motifs is 2. The van der Waals surface area contributed by atoms with Crippen LogP contribution in [0.15, 0.2) is 63.4 Å². The van der Waals surface area contributed by atoms with E-state index in [0.717, 1.165) is 22.2 Å². The van der Waals surface area contributed by atoms with Gasteiger partial charge >= 0.3 is 0 Å². The molecule has 1 N–H and O–H groups in total. The fraction of sp³-hybridized carbons (Fsp3) is 0. The fourth-order valence-electron chi connectivity index (χ4n) is 2.51. The van der Waals surface area contributed by atoms with Crippen LogP contribution in [0.2, 0.25) is 0 Å². The van der Waals surface area contributed by atoms with Crippen molar-refractivity contribution in [3.8, 4) is 23.2 Å². The molecule has 0 amide bonds. The standard InChI is InChI=1S/C17H10N4O2/c1-3-7-14-10(5-1)18-16(22-14)12-9-13(21-20-12)17-19-11-6-2-4-8-15(11)23-17/h1-9H,(H,20,21). The second-order valence-corrected chi connectivity index (χ2v) is 5.14. The number of oxazole rings is 2. The van der Waals surface area contributed by atoms with Crippen molar-refractivity contribution in [2.45, 2.75) is 0 Å². The molecule has 23 heavy (non-hydrogen) atoms. The summed E-state index contributed by atoms with van der Waals surface area (Å²) in [6.45, 7) is 0. The van der Waals surface area contributed by atoms with Crippen molar-refractivity contribution in [3.05, 3.63) is 54.6 Å². The molecule has 0 saturated heterocycles. The number of aromatic nitrogens is 4. The summed E-state index contributed by atoms with van der Waals surface area (Å²) in [4.78, 5) is 8.88. The molecule has 0 spiro atoms. The Morgan fingerprint density at radius 1 is 0.739 bits per heavy atom. The number of H-pyrrole nitrogens is 1. The molecular weight excluding hydrogens is 292 g/mol. The molecule has 6 heteroatoms. The molecule has 5 rings (SSSR count). The van der Waals surface area contributed by atoms with E-state index < -0.39 is 0 Å². The van der Waals surface area contributed by atoms with E-state index in [0.29, 0.717) is 23.2 Å². The van der Waals surface area contributed by atoms with Crippen molar-refractivity contribution < 1.29 is 8.83 Å². The van der Waals surface area contributed by atoms with Crippen LogP contribution < -0.4 is 0 Å². The van der Waals surface area contributed by atoms with Gasteiger partial charge in [-0.2, -0.15) is 5.10 Å². The zero-order valence-corrected chi connectivity index (χ0v) is 11.9. The van der Waals surface area contributed by atoms with Crippen LogP contribution >= 0.6 is 0 Å². The van der Waals surface area contributed by atoms with Gasteiger partial charge in [0.15, 0.2) is 11.2 Å². The molecule has 0 aliphatic rings. The molecule has 0 radical (unpaired) electrons. The smallest absolute Gasteiger partial charge is 0.248 e. The number of hydrogen-bond acceptors (Lipinski definition) is 5. The maximum Gasteiger partial charge on any atom is 0.248 e. The van der Waals surface area contributed by atoms with Crippen LogP contribution in [0.1, 0.15) is 0 Å². The van der Waals surface area contributed by atoms with Crippen LogP contribution in [0, 0.1) is 0 Å². The lowest BCUT2D eigenvalue weighted by molar-refractivity contribution is 0.615. The largest absolute Gasteiger partial charge is 0.435 e. The molecule has 2 aromatic carbocycles. The van der Waals surface area contributed by atoms with E-state index in [1.165, 1.54) is 0 Å². The van der Waals surface area contributed by atoms with Crippen LogP contribution in [0.3, 0.4) is 0 Å². The summed E-state index contributed by atoms with van der Waals surface area (Å²) in [6.07, 6.45) is 0. The van der Waals surface area contributed by atoms with E-state index in [9.17, 15) is 0 Å². The first kappa shape index (κ1) is 12.2. The number of rotatable bonds is 2. The second-order valence-electron chi connectivity index (χ2n) is 5.14. The Balaban J connectivity index is 1.59. The number of benzene rings is 2. The minimum Gasteiger partial charge on any atom is -0.435 e. The molecule has 0 unspecified atom stereocenters. The predicted octanol–water partition coefficient (Wildman–Crippen LogP) is 4.03. The Kier molecular flexibility index (Phi) is 2.40. The van der Waals surface area contributed by atoms with Crippen molar-refractivity contribution in [1.29, 1.82) is 0 Å². The summed E-state index contributed by atoms with van der Waals surface area (Å²) in [5, 5.41) is 7.17. The third-order valence-corrected chi connectivity index (χ3v) is 3.62. The van der Waals surface area contributed by atoms with Crippen molar-refractivity contribution >= 4 is 22.2 Å². The molecular formula is C17H10N4O2. The van der Waals surface area contributed by atoms with Gasteiger partial charge in [0.25, 0.3) is 0 Å². The highest BCUT2D eigenvalue weighted by atomic mass is 16.4. The van der Waals surface area contributed by atoms with Gasteiger partial charge in [-0.25, -0.2) is 9.97 Å². The highest BCUT2D eigenvalue weighted by Crippen LogP contribution is 2.27. The van der Waals surface area contributed by atoms with Gasteiger partial charge in [0.05, 0.1) is 0 Å². The van der Waals surface area contributed by atoms with E-state index in [-0.39, 0.29) is 0 Å². The molecule has 0 saturated carbocycles. The Hall–Kier alpha value is -3.41. The van der Waals surface area contributed by atoms with Crippen molar-refractivity contribution in [1.82, 2.24) is 20.2 Å². The lowest BCUT2D eigenvalue weighted by atomic mass is 10.3. The summed E-state index contributed by atoms with van der Waals surface area (Å²) < 4.78 is 11.4. The van der Waals surface area contributed by atoms with Gasteiger partial charge in [0.2, 0.25) is 11.8 Å². The maximum absolute atomic E-state index is 5.73. The average molecular weight is 302 g/mol. The van der Waals surface area contributed by atoms with Gasteiger partial charge in [-0.3, -0.25) is 5.10 Å². The molecule has 0 atom stereocenters. The monoisotopic (exact) mass is 302 g/mol. The van der Waals surface area contributed by atoms with Gasteiger partial charge in [-0.05, 0) is 24.3 Å². The van der Waals surface area contributed by atoms with E-state index in [2.05, 4.69) is 20.2 Å². The number of nitrogens with zero attached hydrogens (tertiary/aromatic N) is 3. The Morgan fingerprint density at radius 3 is 2.04 bits per heavy atom. The van der Waals surface area contributed by atoms with E-state index >= 15 is 0 Å². The first-order valence-corrected chi connectivity index (χ1v) is 7.14. The fourth-order valence-corrected chi connectivity index (χ4v) is 2.51. The highest BCUT2D eigenvalue weighted by Gasteiger charge is 2.15. The van der Waals surface area contributed by atoms with E-state index in [1.54, 1.807) is 0 Å². The maximum atomic E-state index is 5.73. The highest BCUT2D eigenvalue weighted by molar-refractivity contribution is 5.77. The minimum absolute atomic E-state index is 0.463. The summed E-state index contributed by atoms with van der Waals surface area (Å²) in [6, 6.07) is 17.0. The average Bonchev–Trinajstić information content (AvgIpc) is 3.30. The zero-order valence-electron chi connectivity index (χ0n) is 11.9. The quantitative estimate of drug-likeness (QED) is 0.532. The molecule has 0 fully saturated rings. The SMILES string of the molecule is c1ccc2oc(-c3cc(-c4nc5ccccc5o4)[nH]n3)nc2c1. The second kappa shape index (κ2) is 4.54. The van der Waals surface area contributed by atoms with Gasteiger partial charge in [0.1, 0.15) is 22.4 Å². The molecule has 0 bridgehead atoms. The third-order valence-electron chi connectivity index (χ3n) is 3.62. The van der Waals surface area contributed by atoms with Crippen LogP contribution in [-0.2, 0) is 0 Å². The van der Waals surface area contributed by atoms with Crippen LogP contribution in [-0.4, -0.2) is 20.2 Å². The van der Waals surface area contributed by atoms with Crippen molar-refractivity contribution in [2.75, 3.05) is 0 Å². The Morgan fingerprint density at radius 2 is 1.35 bits per heavy atom. The zero-order chi connectivity index (χ0) is 15.2. The normalized spacial score (nSPS) is 11.5. The number of hydrogen-bond donors (Lipinski definition) is 1. The number of para-hydroxylation sites is 4. The van der Waals surface area contributed by atoms with Crippen LogP contribution in [0.25, 0.3) is 45.4 Å². The van der Waals surface area contributed by atoms with Gasteiger partial charge in [0, 0.05) is 6.07 Å². The summed E-state index contributed by atoms with van der Waals surface area (Å²) in [7, 11) is 0. The topological polar surface area (TPSA) is 80.7 Å². The van der Waals surface area contributed by atoms with Crippen molar-refractivity contribution in [2.24, 2.45) is 0 Å². The first-order chi connectivity index (χ1) is 11.4. The molecule has 3 aromatic heterocycles. The lowest BCUT2D eigenvalue weighted by Crippen LogP contribution is -1.76. The number of nitrogens with one attached hydrogen (secondary N) is 1. The number of aromatic amines is 1.